The zero-order valence-electron chi connectivity index (χ0n) is 6.51. The first-order valence-corrected chi connectivity index (χ1v) is 4.14. The summed E-state index contributed by atoms with van der Waals surface area (Å²) >= 11 is 0. The molecule has 10 heavy (non-hydrogen) atoms. The van der Waals surface area contributed by atoms with E-state index in [1.54, 1.807) is 0 Å². The molecule has 1 N–H and O–H groups in total. The van der Waals surface area contributed by atoms with E-state index >= 15 is 0 Å². The highest BCUT2D eigenvalue weighted by atomic mass is 16.2. The van der Waals surface area contributed by atoms with Gasteiger partial charge in [-0.05, 0) is 38.2 Å². The molecule has 2 fully saturated rings. The molecule has 1 heterocycles. The van der Waals surface area contributed by atoms with Gasteiger partial charge in [0.1, 0.15) is 0 Å². The lowest BCUT2D eigenvalue weighted by atomic mass is 9.59. The molecule has 3 heteroatoms. The van der Waals surface area contributed by atoms with Gasteiger partial charge in [0.05, 0.1) is 0 Å². The summed E-state index contributed by atoms with van der Waals surface area (Å²) < 4.78 is 0. The monoisotopic (exact) mass is 139 g/mol. The maximum Gasteiger partial charge on any atom is 0.376 e. The Bertz CT molecular complexity index is 137. The molecular weight excluding hydrogens is 125 g/mol. The lowest BCUT2D eigenvalue weighted by Gasteiger charge is -2.56. The maximum absolute atomic E-state index is 9.15. The first-order valence-electron chi connectivity index (χ1n) is 4.14. The number of hydrogen-bond acceptors (Lipinski definition) is 2. The third kappa shape index (κ3) is 0.806. The summed E-state index contributed by atoms with van der Waals surface area (Å²) in [6.45, 7) is 4.14. The molecule has 2 rings (SSSR count). The molecule has 2 aliphatic rings. The van der Waals surface area contributed by atoms with Crippen molar-refractivity contribution in [1.82, 2.24) is 4.81 Å². The first kappa shape index (κ1) is 6.68. The minimum Gasteiger partial charge on any atom is -0.437 e. The largest absolute Gasteiger partial charge is 0.437 e. The van der Waals surface area contributed by atoms with Crippen LogP contribution in [0.5, 0.6) is 0 Å². The highest BCUT2D eigenvalue weighted by Gasteiger charge is 2.48. The van der Waals surface area contributed by atoms with Crippen molar-refractivity contribution in [3.63, 3.8) is 0 Å². The fourth-order valence-corrected chi connectivity index (χ4v) is 2.07. The van der Waals surface area contributed by atoms with Crippen molar-refractivity contribution in [2.45, 2.75) is 26.1 Å². The Morgan fingerprint density at radius 3 is 2.30 bits per heavy atom. The van der Waals surface area contributed by atoms with Gasteiger partial charge in [-0.1, -0.05) is 6.42 Å². The van der Waals surface area contributed by atoms with Crippen molar-refractivity contribution < 1.29 is 5.02 Å². The fourth-order valence-electron chi connectivity index (χ4n) is 2.07. The lowest BCUT2D eigenvalue weighted by molar-refractivity contribution is -0.0190. The quantitative estimate of drug-likeness (QED) is 0.537. The van der Waals surface area contributed by atoms with Crippen LogP contribution in [-0.4, -0.2) is 30.0 Å². The Kier molecular flexibility index (Phi) is 1.33. The van der Waals surface area contributed by atoms with Crippen LogP contribution in [0.25, 0.3) is 0 Å². The average Bonchev–Trinajstić information content (AvgIpc) is 1.54. The molecule has 0 aromatic rings. The van der Waals surface area contributed by atoms with Gasteiger partial charge in [-0.3, -0.25) is 0 Å². The summed E-state index contributed by atoms with van der Waals surface area (Å²) in [6, 6.07) is 0. The van der Waals surface area contributed by atoms with Crippen LogP contribution in [0.2, 0.25) is 6.82 Å². The second-order valence-corrected chi connectivity index (χ2v) is 3.89. The topological polar surface area (TPSA) is 23.5 Å². The molecule has 0 aromatic heterocycles. The fraction of sp³-hybridized carbons (Fsp3) is 1.00. The van der Waals surface area contributed by atoms with Crippen LogP contribution in [0.3, 0.4) is 0 Å². The third-order valence-corrected chi connectivity index (χ3v) is 3.02. The molecule has 0 aromatic carbocycles. The zero-order valence-corrected chi connectivity index (χ0v) is 6.51. The van der Waals surface area contributed by atoms with Crippen molar-refractivity contribution in [2.75, 3.05) is 13.1 Å². The molecule has 0 radical (unpaired) electrons. The summed E-state index contributed by atoms with van der Waals surface area (Å²) in [7, 11) is -0.216. The van der Waals surface area contributed by atoms with Crippen molar-refractivity contribution in [3.8, 4) is 0 Å². The van der Waals surface area contributed by atoms with Gasteiger partial charge in [-0.25, -0.2) is 0 Å². The van der Waals surface area contributed by atoms with Gasteiger partial charge >= 0.3 is 7.05 Å². The molecule has 1 saturated heterocycles. The van der Waals surface area contributed by atoms with Crippen LogP contribution in [0.4, 0.5) is 0 Å². The van der Waals surface area contributed by atoms with Gasteiger partial charge in [0, 0.05) is 0 Å². The van der Waals surface area contributed by atoms with E-state index in [4.69, 9.17) is 5.02 Å². The SMILES string of the molecule is CB(O)N1CC2(CCC2)C1. The maximum atomic E-state index is 9.15. The van der Waals surface area contributed by atoms with Crippen LogP contribution in [0.15, 0.2) is 0 Å². The molecule has 2 nitrogen and oxygen atoms in total. The second-order valence-electron chi connectivity index (χ2n) is 3.89. The highest BCUT2D eigenvalue weighted by molar-refractivity contribution is 6.45. The van der Waals surface area contributed by atoms with E-state index in [1.165, 1.54) is 19.3 Å². The van der Waals surface area contributed by atoms with Crippen molar-refractivity contribution in [1.29, 1.82) is 0 Å². The summed E-state index contributed by atoms with van der Waals surface area (Å²) in [4.78, 5) is 2.14. The number of rotatable bonds is 1. The second kappa shape index (κ2) is 1.99. The van der Waals surface area contributed by atoms with E-state index in [-0.39, 0.29) is 7.05 Å². The van der Waals surface area contributed by atoms with E-state index in [1.807, 2.05) is 6.82 Å². The van der Waals surface area contributed by atoms with Crippen LogP contribution in [0, 0.1) is 5.41 Å². The van der Waals surface area contributed by atoms with Crippen LogP contribution in [0.1, 0.15) is 19.3 Å². The molecule has 56 valence electrons. The minimum absolute atomic E-state index is 0.216. The Labute approximate surface area is 62.4 Å². The molecular formula is C7H14BNO. The van der Waals surface area contributed by atoms with Crippen LogP contribution >= 0.6 is 0 Å². The van der Waals surface area contributed by atoms with Crippen molar-refractivity contribution in [2.24, 2.45) is 5.41 Å². The summed E-state index contributed by atoms with van der Waals surface area (Å²) in [5, 5.41) is 9.15. The Hall–Kier alpha value is -0.0151. The summed E-state index contributed by atoms with van der Waals surface area (Å²) in [6.07, 6.45) is 4.21. The summed E-state index contributed by atoms with van der Waals surface area (Å²) in [5.74, 6) is 0. The molecule has 0 unspecified atom stereocenters. The highest BCUT2D eigenvalue weighted by Crippen LogP contribution is 2.48. The van der Waals surface area contributed by atoms with E-state index < -0.39 is 0 Å². The molecule has 0 bridgehead atoms. The predicted octanol–water partition coefficient (Wildman–Crippen LogP) is 0.583. The van der Waals surface area contributed by atoms with Gasteiger partial charge in [0.15, 0.2) is 0 Å². The minimum atomic E-state index is -0.216. The van der Waals surface area contributed by atoms with Crippen molar-refractivity contribution >= 4 is 7.05 Å². The Morgan fingerprint density at radius 1 is 1.40 bits per heavy atom. The number of hydrogen-bond donors (Lipinski definition) is 1. The molecule has 1 aliphatic heterocycles. The van der Waals surface area contributed by atoms with E-state index in [9.17, 15) is 0 Å². The molecule has 1 saturated carbocycles. The van der Waals surface area contributed by atoms with Gasteiger partial charge in [0.2, 0.25) is 0 Å². The molecule has 0 amide bonds. The standard InChI is InChI=1S/C7H14BNO/c1-8(10)9-5-7(6-9)3-2-4-7/h10H,2-6H2,1H3. The normalized spacial score (nSPS) is 29.4. The molecule has 1 aliphatic carbocycles. The van der Waals surface area contributed by atoms with Gasteiger partial charge in [0.25, 0.3) is 0 Å². The third-order valence-electron chi connectivity index (χ3n) is 3.02. The van der Waals surface area contributed by atoms with Gasteiger partial charge < -0.3 is 9.83 Å². The first-order chi connectivity index (χ1) is 4.72. The molecule has 0 atom stereocenters. The Morgan fingerprint density at radius 2 is 2.00 bits per heavy atom. The smallest absolute Gasteiger partial charge is 0.376 e. The van der Waals surface area contributed by atoms with Gasteiger partial charge in [-0.2, -0.15) is 0 Å². The van der Waals surface area contributed by atoms with E-state index in [0.717, 1.165) is 13.1 Å². The number of nitrogens with zero attached hydrogens (tertiary/aromatic N) is 1. The molecule has 1 spiro atoms. The predicted molar refractivity (Wildman–Crippen MR) is 41.7 cm³/mol. The van der Waals surface area contributed by atoms with Crippen molar-refractivity contribution in [3.05, 3.63) is 0 Å². The lowest BCUT2D eigenvalue weighted by Crippen LogP contribution is -2.63. The van der Waals surface area contributed by atoms with E-state index in [0.29, 0.717) is 5.41 Å². The zero-order chi connectivity index (χ0) is 7.19. The van der Waals surface area contributed by atoms with Crippen LogP contribution in [-0.2, 0) is 0 Å². The van der Waals surface area contributed by atoms with E-state index in [2.05, 4.69) is 4.81 Å². The Balaban J connectivity index is 1.82. The van der Waals surface area contributed by atoms with Crippen LogP contribution < -0.4 is 0 Å². The average molecular weight is 139 g/mol. The van der Waals surface area contributed by atoms with Gasteiger partial charge in [-0.15, -0.1) is 0 Å². The summed E-state index contributed by atoms with van der Waals surface area (Å²) in [5.41, 5.74) is 0.664.